The van der Waals surface area contributed by atoms with Crippen molar-refractivity contribution < 1.29 is 0 Å². The van der Waals surface area contributed by atoms with Crippen molar-refractivity contribution >= 4 is 95.6 Å². The lowest BCUT2D eigenvalue weighted by molar-refractivity contribution is 1.48. The van der Waals surface area contributed by atoms with Crippen molar-refractivity contribution in [1.29, 1.82) is 0 Å². The van der Waals surface area contributed by atoms with E-state index in [2.05, 4.69) is 108 Å². The van der Waals surface area contributed by atoms with Crippen LogP contribution in [0.15, 0.2) is 51.1 Å². The molecule has 0 bridgehead atoms. The summed E-state index contributed by atoms with van der Waals surface area (Å²) in [6.07, 6.45) is 0. The highest BCUT2D eigenvalue weighted by atomic mass is 79.9. The van der Waals surface area contributed by atoms with Crippen LogP contribution in [0.3, 0.4) is 0 Å². The fourth-order valence-corrected chi connectivity index (χ4v) is 4.84. The van der Waals surface area contributed by atoms with E-state index in [-0.39, 0.29) is 0 Å². The summed E-state index contributed by atoms with van der Waals surface area (Å²) in [6, 6.07) is 8.17. The molecular weight excluding hydrogens is 624 g/mol. The summed E-state index contributed by atoms with van der Waals surface area (Å²) in [5.41, 5.74) is 2.20. The molecule has 0 saturated heterocycles. The van der Waals surface area contributed by atoms with Gasteiger partial charge in [0.25, 0.3) is 0 Å². The zero-order valence-corrected chi connectivity index (χ0v) is 18.1. The second kappa shape index (κ2) is 6.39. The first kappa shape index (κ1) is 15.7. The number of benzene rings is 2. The van der Waals surface area contributed by atoms with Crippen LogP contribution < -0.4 is 0 Å². The molecule has 0 unspecified atom stereocenters. The van der Waals surface area contributed by atoms with Gasteiger partial charge in [0.05, 0.1) is 0 Å². The highest BCUT2D eigenvalue weighted by Gasteiger charge is 2.13. The van der Waals surface area contributed by atoms with Crippen LogP contribution in [0.5, 0.6) is 0 Å². The molecule has 0 saturated carbocycles. The van der Waals surface area contributed by atoms with E-state index >= 15 is 0 Å². The van der Waals surface area contributed by atoms with Crippen molar-refractivity contribution in [2.24, 2.45) is 0 Å². The predicted molar refractivity (Wildman–Crippen MR) is 98.1 cm³/mol. The standard InChI is InChI=1S/C12H4Br6/c13-5-1-7(11(17)9(15)3-5)8-2-6(14)4-10(16)12(8)18/h1-4H. The summed E-state index contributed by atoms with van der Waals surface area (Å²) in [4.78, 5) is 0. The second-order valence-electron chi connectivity index (χ2n) is 3.50. The summed E-state index contributed by atoms with van der Waals surface area (Å²) in [6.45, 7) is 0. The van der Waals surface area contributed by atoms with Crippen LogP contribution in [-0.4, -0.2) is 0 Å². The fraction of sp³-hybridized carbons (Fsp3) is 0. The SMILES string of the molecule is Brc1cc(Br)c(Br)c(-c2cc(Br)cc(Br)c2Br)c1. The molecule has 0 aliphatic carbocycles. The molecule has 2 rings (SSSR count). The molecule has 0 nitrogen and oxygen atoms in total. The van der Waals surface area contributed by atoms with Gasteiger partial charge in [-0.3, -0.25) is 0 Å². The Balaban J connectivity index is 2.77. The highest BCUT2D eigenvalue weighted by molar-refractivity contribution is 9.13. The van der Waals surface area contributed by atoms with Gasteiger partial charge < -0.3 is 0 Å². The molecule has 0 heterocycles. The first-order chi connectivity index (χ1) is 8.40. The summed E-state index contributed by atoms with van der Waals surface area (Å²) in [7, 11) is 0. The molecule has 0 fully saturated rings. The van der Waals surface area contributed by atoms with Crippen LogP contribution >= 0.6 is 95.6 Å². The first-order valence-electron chi connectivity index (χ1n) is 4.69. The summed E-state index contributed by atoms with van der Waals surface area (Å²) in [5, 5.41) is 0. The Hall–Kier alpha value is 1.32. The lowest BCUT2D eigenvalue weighted by atomic mass is 10.1. The second-order valence-corrected chi connectivity index (χ2v) is 8.62. The van der Waals surface area contributed by atoms with Crippen LogP contribution in [0.25, 0.3) is 11.1 Å². The summed E-state index contributed by atoms with van der Waals surface area (Å²) < 4.78 is 6.11. The molecule has 6 heteroatoms. The zero-order chi connectivity index (χ0) is 13.4. The molecular formula is C12H4Br6. The van der Waals surface area contributed by atoms with Crippen LogP contribution in [0.1, 0.15) is 0 Å². The van der Waals surface area contributed by atoms with E-state index in [4.69, 9.17) is 0 Å². The maximum absolute atomic E-state index is 3.62. The van der Waals surface area contributed by atoms with Crippen LogP contribution in [0, 0.1) is 0 Å². The minimum absolute atomic E-state index is 1.01. The Morgan fingerprint density at radius 3 is 1.17 bits per heavy atom. The van der Waals surface area contributed by atoms with Crippen LogP contribution in [-0.2, 0) is 0 Å². The summed E-state index contributed by atoms with van der Waals surface area (Å²) in [5.74, 6) is 0. The maximum Gasteiger partial charge on any atom is 0.0397 e. The number of hydrogen-bond donors (Lipinski definition) is 0. The van der Waals surface area contributed by atoms with E-state index in [0.717, 1.165) is 38.0 Å². The predicted octanol–water partition coefficient (Wildman–Crippen LogP) is 7.93. The van der Waals surface area contributed by atoms with Crippen molar-refractivity contribution in [3.05, 3.63) is 51.1 Å². The molecule has 94 valence electrons. The molecule has 0 N–H and O–H groups in total. The monoisotopic (exact) mass is 622 g/mol. The normalized spacial score (nSPS) is 10.8. The van der Waals surface area contributed by atoms with Crippen molar-refractivity contribution in [3.8, 4) is 11.1 Å². The quantitative estimate of drug-likeness (QED) is 0.282. The van der Waals surface area contributed by atoms with Gasteiger partial charge in [0.1, 0.15) is 0 Å². The van der Waals surface area contributed by atoms with Crippen LogP contribution in [0.4, 0.5) is 0 Å². The smallest absolute Gasteiger partial charge is 0.0397 e. The molecule has 0 aliphatic heterocycles. The zero-order valence-electron chi connectivity index (χ0n) is 8.58. The Bertz CT molecular complexity index is 565. The van der Waals surface area contributed by atoms with E-state index in [9.17, 15) is 0 Å². The van der Waals surface area contributed by atoms with Gasteiger partial charge in [-0.2, -0.15) is 0 Å². The van der Waals surface area contributed by atoms with Crippen molar-refractivity contribution in [2.75, 3.05) is 0 Å². The van der Waals surface area contributed by atoms with Crippen LogP contribution in [0.2, 0.25) is 0 Å². The molecule has 0 radical (unpaired) electrons. The Kier molecular flexibility index (Phi) is 5.58. The van der Waals surface area contributed by atoms with Crippen molar-refractivity contribution in [3.63, 3.8) is 0 Å². The largest absolute Gasteiger partial charge is 0.0508 e. The van der Waals surface area contributed by atoms with Crippen molar-refractivity contribution in [2.45, 2.75) is 0 Å². The van der Waals surface area contributed by atoms with Gasteiger partial charge in [-0.05, 0) is 99.1 Å². The molecule has 0 aromatic heterocycles. The van der Waals surface area contributed by atoms with E-state index in [1.165, 1.54) is 0 Å². The third kappa shape index (κ3) is 3.31. The minimum Gasteiger partial charge on any atom is -0.0508 e. The molecule has 0 amide bonds. The van der Waals surface area contributed by atoms with E-state index < -0.39 is 0 Å². The first-order valence-corrected chi connectivity index (χ1v) is 9.45. The third-order valence-corrected chi connectivity index (χ3v) is 7.22. The molecule has 2 aromatic carbocycles. The van der Waals surface area contributed by atoms with E-state index in [0.29, 0.717) is 0 Å². The fourth-order valence-electron chi connectivity index (χ4n) is 1.50. The average Bonchev–Trinajstić information content (AvgIpc) is 2.28. The van der Waals surface area contributed by atoms with Gasteiger partial charge in [-0.1, -0.05) is 31.9 Å². The Morgan fingerprint density at radius 1 is 0.500 bits per heavy atom. The number of halogens is 6. The number of hydrogen-bond acceptors (Lipinski definition) is 0. The summed E-state index contributed by atoms with van der Waals surface area (Å²) >= 11 is 21.3. The van der Waals surface area contributed by atoms with Gasteiger partial charge in [-0.15, -0.1) is 0 Å². The number of rotatable bonds is 1. The van der Waals surface area contributed by atoms with Gasteiger partial charge in [0.2, 0.25) is 0 Å². The third-order valence-electron chi connectivity index (χ3n) is 2.28. The average molecular weight is 628 g/mol. The lowest BCUT2D eigenvalue weighted by Gasteiger charge is -2.12. The van der Waals surface area contributed by atoms with E-state index in [1.807, 2.05) is 12.1 Å². The Morgan fingerprint density at radius 2 is 0.833 bits per heavy atom. The topological polar surface area (TPSA) is 0 Å². The molecule has 2 aromatic rings. The maximum atomic E-state index is 3.62. The molecule has 0 aliphatic rings. The van der Waals surface area contributed by atoms with Gasteiger partial charge >= 0.3 is 0 Å². The highest BCUT2D eigenvalue weighted by Crippen LogP contribution is 2.43. The van der Waals surface area contributed by atoms with Gasteiger partial charge in [0.15, 0.2) is 0 Å². The Labute approximate surface area is 156 Å². The van der Waals surface area contributed by atoms with Crippen molar-refractivity contribution in [1.82, 2.24) is 0 Å². The molecule has 0 spiro atoms. The van der Waals surface area contributed by atoms with E-state index in [1.54, 1.807) is 0 Å². The van der Waals surface area contributed by atoms with Gasteiger partial charge in [0, 0.05) is 26.8 Å². The molecule has 18 heavy (non-hydrogen) atoms. The minimum atomic E-state index is 1.01. The van der Waals surface area contributed by atoms with Gasteiger partial charge in [-0.25, -0.2) is 0 Å². The lowest BCUT2D eigenvalue weighted by Crippen LogP contribution is -1.86. The molecule has 0 atom stereocenters.